The Morgan fingerprint density at radius 1 is 0.968 bits per heavy atom. The fourth-order valence-corrected chi connectivity index (χ4v) is 3.74. The topological polar surface area (TPSA) is 72.5 Å². The van der Waals surface area contributed by atoms with Gasteiger partial charge in [-0.3, -0.25) is 14.7 Å². The number of aromatic amines is 1. The second-order valence-electron chi connectivity index (χ2n) is 8.02. The maximum atomic E-state index is 12.8. The molecule has 1 saturated heterocycles. The van der Waals surface area contributed by atoms with Crippen LogP contribution in [0.25, 0.3) is 23.1 Å². The molecule has 0 bridgehead atoms. The third-order valence-corrected chi connectivity index (χ3v) is 5.46. The highest BCUT2D eigenvalue weighted by atomic mass is 16.2. The van der Waals surface area contributed by atoms with Gasteiger partial charge in [0, 0.05) is 37.1 Å². The number of aromatic nitrogens is 2. The Hall–Kier alpha value is -3.45. The van der Waals surface area contributed by atoms with Crippen molar-refractivity contribution in [3.8, 4) is 0 Å². The fraction of sp³-hybridized carbons (Fsp3) is 0.292. The summed E-state index contributed by atoms with van der Waals surface area (Å²) in [6.07, 6.45) is 3.96. The number of fused-ring (bicyclic) bond motifs is 1. The second kappa shape index (κ2) is 9.14. The lowest BCUT2D eigenvalue weighted by Crippen LogP contribution is -2.52. The van der Waals surface area contributed by atoms with E-state index in [0.29, 0.717) is 38.3 Å². The van der Waals surface area contributed by atoms with Crippen molar-refractivity contribution >= 4 is 34.9 Å². The van der Waals surface area contributed by atoms with Gasteiger partial charge >= 0.3 is 0 Å². The number of benzene rings is 2. The Labute approximate surface area is 181 Å². The minimum atomic E-state index is 0.00790. The number of H-pyrrole nitrogens is 1. The molecule has 2 amide bonds. The van der Waals surface area contributed by atoms with Crippen LogP contribution < -0.4 is 0 Å². The molecule has 0 unspecified atom stereocenters. The molecule has 0 saturated carbocycles. The summed E-state index contributed by atoms with van der Waals surface area (Å²) < 4.78 is 0. The van der Waals surface area contributed by atoms with E-state index >= 15 is 0 Å². The second-order valence-corrected chi connectivity index (χ2v) is 8.02. The molecule has 2 heterocycles. The minimum absolute atomic E-state index is 0.00790. The van der Waals surface area contributed by atoms with Crippen LogP contribution in [0.4, 0.5) is 0 Å². The maximum Gasteiger partial charge on any atom is 0.253 e. The first-order valence-electron chi connectivity index (χ1n) is 10.4. The molecule has 1 aliphatic rings. The van der Waals surface area contributed by atoms with Crippen LogP contribution in [0.5, 0.6) is 0 Å². The largest absolute Gasteiger partial charge is 0.338 e. The summed E-state index contributed by atoms with van der Waals surface area (Å²) in [5.74, 6) is 0.117. The van der Waals surface area contributed by atoms with E-state index in [1.807, 2.05) is 89.5 Å². The van der Waals surface area contributed by atoms with Gasteiger partial charge in [0.2, 0.25) is 5.91 Å². The van der Waals surface area contributed by atoms with Crippen molar-refractivity contribution in [3.63, 3.8) is 0 Å². The van der Waals surface area contributed by atoms with E-state index in [4.69, 9.17) is 0 Å². The van der Waals surface area contributed by atoms with Crippen molar-refractivity contribution in [1.29, 1.82) is 0 Å². The molecule has 0 spiro atoms. The summed E-state index contributed by atoms with van der Waals surface area (Å²) >= 11 is 0. The van der Waals surface area contributed by atoms with Crippen LogP contribution >= 0.6 is 0 Å². The van der Waals surface area contributed by atoms with E-state index in [9.17, 15) is 9.59 Å². The molecule has 2 aromatic carbocycles. The smallest absolute Gasteiger partial charge is 0.253 e. The van der Waals surface area contributed by atoms with Crippen molar-refractivity contribution in [3.05, 3.63) is 65.4 Å². The number of nitrogens with zero attached hydrogens (tertiary/aromatic N) is 4. The van der Waals surface area contributed by atoms with Gasteiger partial charge < -0.3 is 14.7 Å². The molecular weight excluding hydrogens is 390 g/mol. The van der Waals surface area contributed by atoms with Gasteiger partial charge in [-0.1, -0.05) is 36.4 Å². The number of nitrogens with one attached hydrogen (secondary N) is 1. The molecule has 160 valence electrons. The Bertz CT molecular complexity index is 1090. The molecular formula is C24H27N5O2. The molecule has 0 radical (unpaired) electrons. The Morgan fingerprint density at radius 3 is 2.35 bits per heavy atom. The van der Waals surface area contributed by atoms with Crippen LogP contribution in [-0.2, 0) is 4.79 Å². The van der Waals surface area contributed by atoms with Gasteiger partial charge in [-0.05, 0) is 43.9 Å². The third-order valence-electron chi connectivity index (χ3n) is 5.46. The number of hydrogen-bond donors (Lipinski definition) is 1. The quantitative estimate of drug-likeness (QED) is 0.693. The van der Waals surface area contributed by atoms with Gasteiger partial charge in [-0.25, -0.2) is 0 Å². The Morgan fingerprint density at radius 2 is 1.65 bits per heavy atom. The van der Waals surface area contributed by atoms with E-state index in [1.165, 1.54) is 0 Å². The molecule has 7 heteroatoms. The van der Waals surface area contributed by atoms with E-state index < -0.39 is 0 Å². The summed E-state index contributed by atoms with van der Waals surface area (Å²) in [6, 6.07) is 15.6. The van der Waals surface area contributed by atoms with Crippen molar-refractivity contribution in [2.45, 2.75) is 0 Å². The highest BCUT2D eigenvalue weighted by Gasteiger charge is 2.24. The number of likely N-dealkylation sites (N-methyl/N-ethyl adjacent to an activating group) is 1. The van der Waals surface area contributed by atoms with Gasteiger partial charge in [-0.2, -0.15) is 5.10 Å². The number of piperazine rings is 1. The molecule has 31 heavy (non-hydrogen) atoms. The average Bonchev–Trinajstić information content (AvgIpc) is 3.20. The summed E-state index contributed by atoms with van der Waals surface area (Å²) in [5, 5.41) is 8.45. The summed E-state index contributed by atoms with van der Waals surface area (Å²) in [5.41, 5.74) is 3.56. The van der Waals surface area contributed by atoms with Gasteiger partial charge in [0.15, 0.2) is 0 Å². The monoisotopic (exact) mass is 417 g/mol. The lowest BCUT2D eigenvalue weighted by molar-refractivity contribution is -0.133. The van der Waals surface area contributed by atoms with Crippen LogP contribution in [-0.4, -0.2) is 83.5 Å². The van der Waals surface area contributed by atoms with Gasteiger partial charge in [0.25, 0.3) is 5.91 Å². The van der Waals surface area contributed by atoms with Crippen LogP contribution in [0.15, 0.2) is 48.5 Å². The van der Waals surface area contributed by atoms with Crippen molar-refractivity contribution in [1.82, 2.24) is 24.9 Å². The van der Waals surface area contributed by atoms with E-state index in [2.05, 4.69) is 10.2 Å². The van der Waals surface area contributed by atoms with Crippen molar-refractivity contribution < 1.29 is 9.59 Å². The molecule has 4 rings (SSSR count). The first-order chi connectivity index (χ1) is 15.0. The molecule has 7 nitrogen and oxygen atoms in total. The SMILES string of the molecule is CN(C)CC(=O)N1CCN(C(=O)c2ccc(/C=C/c3n[nH]c4ccccc34)cc2)CC1. The fourth-order valence-electron chi connectivity index (χ4n) is 3.74. The third kappa shape index (κ3) is 4.83. The molecule has 1 aromatic heterocycles. The molecule has 3 aromatic rings. The molecule has 1 N–H and O–H groups in total. The number of carbonyl (C=O) groups is 2. The van der Waals surface area contributed by atoms with E-state index in [1.54, 1.807) is 0 Å². The van der Waals surface area contributed by atoms with Crippen LogP contribution in [0.3, 0.4) is 0 Å². The zero-order chi connectivity index (χ0) is 21.8. The lowest BCUT2D eigenvalue weighted by atomic mass is 10.1. The summed E-state index contributed by atoms with van der Waals surface area (Å²) in [4.78, 5) is 30.5. The van der Waals surface area contributed by atoms with Gasteiger partial charge in [0.05, 0.1) is 17.8 Å². The molecule has 1 fully saturated rings. The number of amides is 2. The first kappa shape index (κ1) is 20.8. The van der Waals surface area contributed by atoms with Crippen LogP contribution in [0.2, 0.25) is 0 Å². The highest BCUT2D eigenvalue weighted by molar-refractivity contribution is 5.95. The predicted octanol–water partition coefficient (Wildman–Crippen LogP) is 2.58. The standard InChI is InChI=1S/C24H27N5O2/c1-27(2)17-23(30)28-13-15-29(16-14-28)24(31)19-10-7-18(8-11-19)9-12-22-20-5-3-4-6-21(20)25-26-22/h3-12H,13-17H2,1-2H3,(H,25,26)/b12-9+. The predicted molar refractivity (Wildman–Crippen MR) is 123 cm³/mol. The van der Waals surface area contributed by atoms with Crippen molar-refractivity contribution in [2.75, 3.05) is 46.8 Å². The molecule has 0 aliphatic carbocycles. The Balaban J connectivity index is 1.36. The van der Waals surface area contributed by atoms with E-state index in [0.717, 1.165) is 22.2 Å². The Kier molecular flexibility index (Phi) is 6.13. The first-order valence-corrected chi connectivity index (χ1v) is 10.4. The normalized spacial score (nSPS) is 14.7. The molecule has 0 atom stereocenters. The van der Waals surface area contributed by atoms with Gasteiger partial charge in [0.1, 0.15) is 0 Å². The van der Waals surface area contributed by atoms with Crippen LogP contribution in [0, 0.1) is 0 Å². The average molecular weight is 418 g/mol. The highest BCUT2D eigenvalue weighted by Crippen LogP contribution is 2.18. The van der Waals surface area contributed by atoms with Crippen molar-refractivity contribution in [2.24, 2.45) is 0 Å². The zero-order valence-corrected chi connectivity index (χ0v) is 17.9. The lowest BCUT2D eigenvalue weighted by Gasteiger charge is -2.35. The minimum Gasteiger partial charge on any atom is -0.338 e. The van der Waals surface area contributed by atoms with Gasteiger partial charge in [-0.15, -0.1) is 0 Å². The number of carbonyl (C=O) groups excluding carboxylic acids is 2. The van der Waals surface area contributed by atoms with Crippen LogP contribution in [0.1, 0.15) is 21.6 Å². The number of para-hydroxylation sites is 1. The van der Waals surface area contributed by atoms with E-state index in [-0.39, 0.29) is 11.8 Å². The maximum absolute atomic E-state index is 12.8. The number of hydrogen-bond acceptors (Lipinski definition) is 4. The summed E-state index contributed by atoms with van der Waals surface area (Å²) in [6.45, 7) is 2.68. The summed E-state index contributed by atoms with van der Waals surface area (Å²) in [7, 11) is 3.76. The zero-order valence-electron chi connectivity index (χ0n) is 17.9. The number of rotatable bonds is 5. The molecule has 1 aliphatic heterocycles.